The van der Waals surface area contributed by atoms with Crippen LogP contribution in [0.15, 0.2) is 0 Å². The first kappa shape index (κ1) is 23.7. The summed E-state index contributed by atoms with van der Waals surface area (Å²) in [5.41, 5.74) is 0. The Labute approximate surface area is 152 Å². The molecule has 23 heavy (non-hydrogen) atoms. The van der Waals surface area contributed by atoms with Crippen LogP contribution in [-0.4, -0.2) is 32.4 Å². The van der Waals surface area contributed by atoms with Gasteiger partial charge < -0.3 is 0 Å². The third-order valence-corrected chi connectivity index (χ3v) is 15.1. The monoisotopic (exact) mass is 436 g/mol. The summed E-state index contributed by atoms with van der Waals surface area (Å²) in [5.74, 6) is 0. The summed E-state index contributed by atoms with van der Waals surface area (Å²) in [6.45, 7) is 11.0. The Morgan fingerprint density at radius 3 is 1.22 bits per heavy atom. The van der Waals surface area contributed by atoms with Crippen LogP contribution < -0.4 is 0 Å². The molecule has 0 fully saturated rings. The Kier molecular flexibility index (Phi) is 18.1. The van der Waals surface area contributed by atoms with Crippen molar-refractivity contribution in [1.82, 2.24) is 0 Å². The fourth-order valence-electron chi connectivity index (χ4n) is 2.90. The Morgan fingerprint density at radius 1 is 0.478 bits per heavy atom. The van der Waals surface area contributed by atoms with E-state index in [0.29, 0.717) is 0 Å². The fraction of sp³-hybridized carbons (Fsp3) is 1.00. The van der Waals surface area contributed by atoms with Crippen LogP contribution >= 0.6 is 0 Å². The second kappa shape index (κ2) is 17.5. The maximum absolute atomic E-state index is 6.56. The number of unbranched alkanes of at least 4 members (excludes halogenated alkanes) is 8. The molecule has 0 aromatic heterocycles. The van der Waals surface area contributed by atoms with Crippen molar-refractivity contribution in [3.05, 3.63) is 0 Å². The average molecular weight is 435 g/mol. The molecule has 0 bridgehead atoms. The molecule has 0 N–H and O–H groups in total. The van der Waals surface area contributed by atoms with Gasteiger partial charge >= 0.3 is 152 Å². The van der Waals surface area contributed by atoms with E-state index in [4.69, 9.17) is 6.15 Å². The molecule has 0 aliphatic carbocycles. The second-order valence-electron chi connectivity index (χ2n) is 6.94. The van der Waals surface area contributed by atoms with Crippen LogP contribution in [0, 0.1) is 0 Å². The third-order valence-electron chi connectivity index (χ3n) is 4.55. The molecule has 0 spiro atoms. The second-order valence-corrected chi connectivity index (χ2v) is 16.6. The molecule has 0 aromatic rings. The van der Waals surface area contributed by atoms with E-state index in [-0.39, 0.29) is 0 Å². The van der Waals surface area contributed by atoms with Crippen LogP contribution in [0.4, 0.5) is 0 Å². The van der Waals surface area contributed by atoms with Crippen molar-refractivity contribution in [2.24, 2.45) is 0 Å². The van der Waals surface area contributed by atoms with E-state index < -0.39 is 19.2 Å². The average Bonchev–Trinajstić information content (AvgIpc) is 2.56. The van der Waals surface area contributed by atoms with Gasteiger partial charge in [-0.3, -0.25) is 0 Å². The number of hydrogen-bond acceptors (Lipinski definition) is 2. The maximum atomic E-state index is 6.56. The van der Waals surface area contributed by atoms with Crippen LogP contribution in [0.5, 0.6) is 0 Å². The molecule has 0 saturated heterocycles. The van der Waals surface area contributed by atoms with Crippen molar-refractivity contribution in [1.29, 1.82) is 0 Å². The van der Waals surface area contributed by atoms with Gasteiger partial charge in [0.2, 0.25) is 0 Å². The van der Waals surface area contributed by atoms with Crippen LogP contribution in [-0.2, 0) is 6.15 Å². The Balaban J connectivity index is 4.55. The molecular formula is C20H44O2Sn. The summed E-state index contributed by atoms with van der Waals surface area (Å²) in [6.07, 6.45) is 15.6. The molecule has 0 radical (unpaired) electrons. The van der Waals surface area contributed by atoms with Crippen LogP contribution in [0.3, 0.4) is 0 Å². The fourth-order valence-corrected chi connectivity index (χ4v) is 13.0. The molecule has 0 saturated carbocycles. The molecule has 2 nitrogen and oxygen atoms in total. The van der Waals surface area contributed by atoms with Gasteiger partial charge in [0.05, 0.1) is 0 Å². The topological polar surface area (TPSA) is 18.5 Å². The summed E-state index contributed by atoms with van der Waals surface area (Å²) >= 11 is -2.83. The standard InChI is InChI=1S/2C6H13.2C4H9O.Sn/c2*1-3-5-6-4-2;2*1-2-3-4-5;/h2*1,3-6H2,2H3;2*2-4H2,1H3;/q;;2*-1;+2. The van der Waals surface area contributed by atoms with Crippen molar-refractivity contribution in [2.75, 3.05) is 13.2 Å². The van der Waals surface area contributed by atoms with E-state index >= 15 is 0 Å². The number of hydrogen-bond donors (Lipinski definition) is 0. The summed E-state index contributed by atoms with van der Waals surface area (Å²) in [6, 6.07) is 0. The van der Waals surface area contributed by atoms with E-state index in [1.54, 1.807) is 0 Å². The normalized spacial score (nSPS) is 12.0. The van der Waals surface area contributed by atoms with Crippen molar-refractivity contribution >= 4 is 19.2 Å². The quantitative estimate of drug-likeness (QED) is 0.167. The van der Waals surface area contributed by atoms with Gasteiger partial charge in [0, 0.05) is 0 Å². The Bertz CT molecular complexity index is 210. The summed E-state index contributed by atoms with van der Waals surface area (Å²) < 4.78 is 15.7. The first-order valence-corrected chi connectivity index (χ1v) is 16.9. The van der Waals surface area contributed by atoms with Crippen molar-refractivity contribution in [2.45, 2.75) is 114 Å². The van der Waals surface area contributed by atoms with Crippen LogP contribution in [0.25, 0.3) is 0 Å². The molecule has 0 rings (SSSR count). The third kappa shape index (κ3) is 13.7. The van der Waals surface area contributed by atoms with Gasteiger partial charge in [-0.2, -0.15) is 0 Å². The molecule has 3 heteroatoms. The van der Waals surface area contributed by atoms with Crippen molar-refractivity contribution in [3.63, 3.8) is 0 Å². The van der Waals surface area contributed by atoms with Crippen LogP contribution in [0.2, 0.25) is 8.87 Å². The van der Waals surface area contributed by atoms with E-state index in [0.717, 1.165) is 13.2 Å². The first-order valence-electron chi connectivity index (χ1n) is 10.5. The van der Waals surface area contributed by atoms with Gasteiger partial charge in [0.15, 0.2) is 0 Å². The van der Waals surface area contributed by atoms with E-state index in [2.05, 4.69) is 27.7 Å². The van der Waals surface area contributed by atoms with Crippen molar-refractivity contribution < 1.29 is 6.15 Å². The zero-order valence-electron chi connectivity index (χ0n) is 16.6. The predicted octanol–water partition coefficient (Wildman–Crippen LogP) is 7.22. The van der Waals surface area contributed by atoms with Gasteiger partial charge in [-0.05, 0) is 0 Å². The molecule has 0 unspecified atom stereocenters. The molecule has 140 valence electrons. The molecule has 0 amide bonds. The molecule has 0 aliphatic heterocycles. The first-order chi connectivity index (χ1) is 11.2. The minimum absolute atomic E-state index is 0.945. The van der Waals surface area contributed by atoms with Gasteiger partial charge in [-0.15, -0.1) is 0 Å². The zero-order chi connectivity index (χ0) is 17.2. The van der Waals surface area contributed by atoms with Gasteiger partial charge in [-0.25, -0.2) is 0 Å². The number of rotatable bonds is 18. The Hall–Kier alpha value is 0.719. The van der Waals surface area contributed by atoms with Gasteiger partial charge in [0.1, 0.15) is 0 Å². The molecular weight excluding hydrogens is 391 g/mol. The van der Waals surface area contributed by atoms with E-state index in [9.17, 15) is 0 Å². The molecule has 0 heterocycles. The minimum atomic E-state index is -2.83. The summed E-state index contributed by atoms with van der Waals surface area (Å²) in [7, 11) is 0. The van der Waals surface area contributed by atoms with Gasteiger partial charge in [-0.1, -0.05) is 0 Å². The van der Waals surface area contributed by atoms with Crippen molar-refractivity contribution in [3.8, 4) is 0 Å². The summed E-state index contributed by atoms with van der Waals surface area (Å²) in [5, 5.41) is 0. The van der Waals surface area contributed by atoms with Crippen LogP contribution in [0.1, 0.15) is 105 Å². The Morgan fingerprint density at radius 2 is 0.870 bits per heavy atom. The molecule has 0 aromatic carbocycles. The van der Waals surface area contributed by atoms with E-state index in [1.165, 1.54) is 85.9 Å². The molecule has 0 aliphatic rings. The van der Waals surface area contributed by atoms with Gasteiger partial charge in [0.25, 0.3) is 0 Å². The summed E-state index contributed by atoms with van der Waals surface area (Å²) in [4.78, 5) is 0. The SMILES string of the molecule is CCCCC[CH2][Sn]([CH2]CCCCC)([O]CCCC)[O]CCCC. The predicted molar refractivity (Wildman–Crippen MR) is 105 cm³/mol. The van der Waals surface area contributed by atoms with E-state index in [1.807, 2.05) is 0 Å². The molecule has 0 atom stereocenters. The zero-order valence-corrected chi connectivity index (χ0v) is 19.5.